The molecule has 0 unspecified atom stereocenters. The summed E-state index contributed by atoms with van der Waals surface area (Å²) < 4.78 is 28.9. The number of aryl methyl sites for hydroxylation is 1. The number of hydrogen-bond donors (Lipinski definition) is 1. The van der Waals surface area contributed by atoms with Gasteiger partial charge in [-0.3, -0.25) is 4.68 Å². The molecule has 0 aliphatic heterocycles. The van der Waals surface area contributed by atoms with E-state index >= 15 is 0 Å². The Labute approximate surface area is 106 Å². The quantitative estimate of drug-likeness (QED) is 0.944. The van der Waals surface area contributed by atoms with E-state index < -0.39 is 11.6 Å². The lowest BCUT2D eigenvalue weighted by Gasteiger charge is -2.07. The van der Waals surface area contributed by atoms with Crippen molar-refractivity contribution in [3.05, 3.63) is 46.2 Å². The lowest BCUT2D eigenvalue weighted by molar-refractivity contribution is 0.586. The van der Waals surface area contributed by atoms with Crippen molar-refractivity contribution < 1.29 is 8.78 Å². The van der Waals surface area contributed by atoms with Gasteiger partial charge in [-0.25, -0.2) is 8.78 Å². The van der Waals surface area contributed by atoms with E-state index in [2.05, 4.69) is 26.3 Å². The highest BCUT2D eigenvalue weighted by atomic mass is 79.9. The van der Waals surface area contributed by atoms with Gasteiger partial charge >= 0.3 is 0 Å². The molecule has 3 nitrogen and oxygen atoms in total. The van der Waals surface area contributed by atoms with E-state index in [0.717, 1.165) is 0 Å². The Kier molecular flexibility index (Phi) is 3.42. The summed E-state index contributed by atoms with van der Waals surface area (Å²) in [5.74, 6) is -1.26. The Balaban J connectivity index is 2.14. The summed E-state index contributed by atoms with van der Waals surface area (Å²) in [4.78, 5) is 0. The molecule has 0 atom stereocenters. The minimum absolute atomic E-state index is 0.140. The summed E-state index contributed by atoms with van der Waals surface area (Å²) in [6, 6.07) is 4.20. The maximum atomic E-state index is 13.5. The van der Waals surface area contributed by atoms with Gasteiger partial charge in [-0.15, -0.1) is 0 Å². The molecular weight excluding hydrogens is 292 g/mol. The average molecular weight is 302 g/mol. The normalized spacial score (nSPS) is 10.6. The van der Waals surface area contributed by atoms with Crippen LogP contribution in [-0.4, -0.2) is 9.78 Å². The van der Waals surface area contributed by atoms with Gasteiger partial charge in [0.1, 0.15) is 17.3 Å². The fraction of sp³-hybridized carbons (Fsp3) is 0.182. The molecule has 0 aliphatic rings. The standard InChI is InChI=1S/C11H10BrF2N3/c1-17-3-2-8(16-17)6-15-11-9(13)4-7(12)5-10(11)14/h2-5,15H,6H2,1H3. The van der Waals surface area contributed by atoms with Crippen LogP contribution in [0, 0.1) is 11.6 Å². The third-order valence-electron chi connectivity index (χ3n) is 2.22. The predicted octanol–water partition coefficient (Wildman–Crippen LogP) is 3.07. The topological polar surface area (TPSA) is 29.9 Å². The van der Waals surface area contributed by atoms with E-state index in [1.807, 2.05) is 0 Å². The summed E-state index contributed by atoms with van der Waals surface area (Å²) in [6.45, 7) is 0.274. The van der Waals surface area contributed by atoms with E-state index in [9.17, 15) is 8.78 Å². The molecule has 2 rings (SSSR count). The van der Waals surface area contributed by atoms with E-state index in [4.69, 9.17) is 0 Å². The van der Waals surface area contributed by atoms with Crippen molar-refractivity contribution in [2.75, 3.05) is 5.32 Å². The zero-order chi connectivity index (χ0) is 12.4. The average Bonchev–Trinajstić information content (AvgIpc) is 2.62. The largest absolute Gasteiger partial charge is 0.375 e. The predicted molar refractivity (Wildman–Crippen MR) is 64.6 cm³/mol. The molecule has 0 amide bonds. The lowest BCUT2D eigenvalue weighted by atomic mass is 10.3. The van der Waals surface area contributed by atoms with Crippen LogP contribution in [0.25, 0.3) is 0 Å². The highest BCUT2D eigenvalue weighted by Crippen LogP contribution is 2.24. The molecule has 0 saturated carbocycles. The Hall–Kier alpha value is -1.43. The first kappa shape index (κ1) is 12.0. The molecule has 90 valence electrons. The Morgan fingerprint density at radius 2 is 2.00 bits per heavy atom. The molecule has 0 radical (unpaired) electrons. The molecule has 1 N–H and O–H groups in total. The van der Waals surface area contributed by atoms with Crippen LogP contribution in [0.4, 0.5) is 14.5 Å². The second-order valence-electron chi connectivity index (χ2n) is 3.58. The van der Waals surface area contributed by atoms with Crippen molar-refractivity contribution in [2.24, 2.45) is 7.05 Å². The van der Waals surface area contributed by atoms with Gasteiger partial charge in [-0.1, -0.05) is 15.9 Å². The molecule has 0 aliphatic carbocycles. The highest BCUT2D eigenvalue weighted by molar-refractivity contribution is 9.10. The maximum Gasteiger partial charge on any atom is 0.150 e. The number of anilines is 1. The smallest absolute Gasteiger partial charge is 0.150 e. The monoisotopic (exact) mass is 301 g/mol. The number of halogens is 3. The van der Waals surface area contributed by atoms with Crippen LogP contribution in [0.2, 0.25) is 0 Å². The van der Waals surface area contributed by atoms with Gasteiger partial charge in [0.25, 0.3) is 0 Å². The van der Waals surface area contributed by atoms with E-state index in [1.165, 1.54) is 12.1 Å². The molecule has 1 heterocycles. The first-order valence-electron chi connectivity index (χ1n) is 4.93. The Bertz CT molecular complexity index is 516. The molecule has 0 saturated heterocycles. The van der Waals surface area contributed by atoms with Gasteiger partial charge in [0.05, 0.1) is 12.2 Å². The van der Waals surface area contributed by atoms with Crippen LogP contribution in [0.3, 0.4) is 0 Å². The summed E-state index contributed by atoms with van der Waals surface area (Å²) in [5.41, 5.74) is 0.577. The number of nitrogens with zero attached hydrogens (tertiary/aromatic N) is 2. The van der Waals surface area contributed by atoms with Gasteiger partial charge in [0, 0.05) is 17.7 Å². The van der Waals surface area contributed by atoms with E-state index in [0.29, 0.717) is 10.2 Å². The van der Waals surface area contributed by atoms with Gasteiger partial charge in [0.2, 0.25) is 0 Å². The molecule has 0 fully saturated rings. The first-order valence-corrected chi connectivity index (χ1v) is 5.72. The van der Waals surface area contributed by atoms with Crippen molar-refractivity contribution in [3.63, 3.8) is 0 Å². The summed E-state index contributed by atoms with van der Waals surface area (Å²) >= 11 is 3.02. The molecule has 6 heteroatoms. The SMILES string of the molecule is Cn1ccc(CNc2c(F)cc(Br)cc2F)n1. The van der Waals surface area contributed by atoms with Gasteiger partial charge in [0.15, 0.2) is 0 Å². The van der Waals surface area contributed by atoms with Crippen LogP contribution in [0.15, 0.2) is 28.9 Å². The molecule has 2 aromatic rings. The second-order valence-corrected chi connectivity index (χ2v) is 4.49. The highest BCUT2D eigenvalue weighted by Gasteiger charge is 2.10. The summed E-state index contributed by atoms with van der Waals surface area (Å²) in [5, 5.41) is 6.79. The summed E-state index contributed by atoms with van der Waals surface area (Å²) in [6.07, 6.45) is 1.77. The Morgan fingerprint density at radius 3 is 2.53 bits per heavy atom. The Morgan fingerprint density at radius 1 is 1.35 bits per heavy atom. The molecule has 1 aromatic carbocycles. The van der Waals surface area contributed by atoms with Crippen molar-refractivity contribution in [1.82, 2.24) is 9.78 Å². The van der Waals surface area contributed by atoms with Gasteiger partial charge in [-0.2, -0.15) is 5.10 Å². The lowest BCUT2D eigenvalue weighted by Crippen LogP contribution is -2.05. The fourth-order valence-corrected chi connectivity index (χ4v) is 1.85. The fourth-order valence-electron chi connectivity index (χ4n) is 1.45. The molecule has 0 spiro atoms. The van der Waals surface area contributed by atoms with E-state index in [1.54, 1.807) is 24.0 Å². The number of rotatable bonds is 3. The molecule has 1 aromatic heterocycles. The molecule has 17 heavy (non-hydrogen) atoms. The number of nitrogens with one attached hydrogen (secondary N) is 1. The zero-order valence-electron chi connectivity index (χ0n) is 9.04. The van der Waals surface area contributed by atoms with E-state index in [-0.39, 0.29) is 12.2 Å². The van der Waals surface area contributed by atoms with Crippen molar-refractivity contribution in [3.8, 4) is 0 Å². The van der Waals surface area contributed by atoms with Crippen LogP contribution in [0.1, 0.15) is 5.69 Å². The molecule has 0 bridgehead atoms. The number of hydrogen-bond acceptors (Lipinski definition) is 2. The van der Waals surface area contributed by atoms with Crippen molar-refractivity contribution >= 4 is 21.6 Å². The number of aromatic nitrogens is 2. The second kappa shape index (κ2) is 4.83. The van der Waals surface area contributed by atoms with Gasteiger partial charge in [-0.05, 0) is 18.2 Å². The zero-order valence-corrected chi connectivity index (χ0v) is 10.6. The summed E-state index contributed by atoms with van der Waals surface area (Å²) in [7, 11) is 1.78. The van der Waals surface area contributed by atoms with Crippen LogP contribution in [-0.2, 0) is 13.6 Å². The van der Waals surface area contributed by atoms with Crippen molar-refractivity contribution in [2.45, 2.75) is 6.54 Å². The number of benzene rings is 1. The first-order chi connectivity index (χ1) is 8.06. The van der Waals surface area contributed by atoms with Crippen LogP contribution < -0.4 is 5.32 Å². The van der Waals surface area contributed by atoms with Crippen molar-refractivity contribution in [1.29, 1.82) is 0 Å². The maximum absolute atomic E-state index is 13.5. The van der Waals surface area contributed by atoms with Gasteiger partial charge < -0.3 is 5.32 Å². The third-order valence-corrected chi connectivity index (χ3v) is 2.68. The molecular formula is C11H10BrF2N3. The third kappa shape index (κ3) is 2.82. The minimum Gasteiger partial charge on any atom is -0.375 e. The minimum atomic E-state index is -0.632. The van der Waals surface area contributed by atoms with Crippen LogP contribution in [0.5, 0.6) is 0 Å². The van der Waals surface area contributed by atoms with Crippen LogP contribution >= 0.6 is 15.9 Å².